The minimum atomic E-state index is -0.870. The average Bonchev–Trinajstić information content (AvgIpc) is 3.59. The van der Waals surface area contributed by atoms with Crippen LogP contribution in [-0.2, 0) is 0 Å². The van der Waals surface area contributed by atoms with Crippen molar-refractivity contribution in [2.45, 2.75) is 74.8 Å². The first-order valence-electron chi connectivity index (χ1n) is 16.7. The summed E-state index contributed by atoms with van der Waals surface area (Å²) in [6.07, 6.45) is 13.0. The van der Waals surface area contributed by atoms with Crippen molar-refractivity contribution in [3.63, 3.8) is 0 Å². The summed E-state index contributed by atoms with van der Waals surface area (Å²) in [5.41, 5.74) is 1.11. The van der Waals surface area contributed by atoms with Crippen molar-refractivity contribution in [2.24, 2.45) is 0 Å². The molecule has 1 aliphatic carbocycles. The summed E-state index contributed by atoms with van der Waals surface area (Å²) >= 11 is 0. The zero-order valence-electron chi connectivity index (χ0n) is 26.0. The van der Waals surface area contributed by atoms with Crippen LogP contribution in [0.15, 0.2) is 30.5 Å². The fourth-order valence-electron chi connectivity index (χ4n) is 8.36. The second kappa shape index (κ2) is 10.9. The van der Waals surface area contributed by atoms with E-state index >= 15 is 4.39 Å². The van der Waals surface area contributed by atoms with Gasteiger partial charge in [0.1, 0.15) is 41.4 Å². The number of nitrogens with zero attached hydrogens (tertiary/aromatic N) is 5. The largest absolute Gasteiger partial charge is 0.508 e. The van der Waals surface area contributed by atoms with Gasteiger partial charge in [-0.1, -0.05) is 12.0 Å². The Labute approximate surface area is 271 Å². The minimum absolute atomic E-state index is 0.00635. The van der Waals surface area contributed by atoms with Gasteiger partial charge < -0.3 is 24.8 Å². The van der Waals surface area contributed by atoms with Gasteiger partial charge in [0.25, 0.3) is 0 Å². The summed E-state index contributed by atoms with van der Waals surface area (Å²) in [7, 11) is 0. The number of phenols is 1. The standard InChI is InChI=1S/C36H36F2N6O3/c1-2-26-29(38)9-4-20-12-24(45)13-27(30(20)26)31-33(47-25-7-8-25)32-28(15-39-31)34(43-17-22-5-6-23(18-43)40-22)42-35(41-32)46-19-36-10-3-11-44(36)16-21(37)14-36/h1,4,9,12-13,15,21-23,25,40,45H,3,5-8,10-11,14,16-19H2/t21-,22-,23+,36+/m1/s1. The zero-order chi connectivity index (χ0) is 31.9. The Morgan fingerprint density at radius 2 is 1.94 bits per heavy atom. The number of piperazine rings is 1. The second-order valence-electron chi connectivity index (χ2n) is 13.9. The Bertz CT molecular complexity index is 1950. The Balaban J connectivity index is 1.23. The topological polar surface area (TPSA) is 95.9 Å². The molecule has 0 unspecified atom stereocenters. The molecule has 4 atom stereocenters. The van der Waals surface area contributed by atoms with E-state index in [1.807, 2.05) is 0 Å². The van der Waals surface area contributed by atoms with Crippen molar-refractivity contribution >= 4 is 27.5 Å². The molecule has 5 fully saturated rings. The van der Waals surface area contributed by atoms with E-state index in [0.717, 1.165) is 69.4 Å². The number of halogens is 2. The van der Waals surface area contributed by atoms with Gasteiger partial charge in [-0.05, 0) is 68.7 Å². The van der Waals surface area contributed by atoms with Gasteiger partial charge in [-0.3, -0.25) is 9.88 Å². The Kier molecular flexibility index (Phi) is 6.70. The SMILES string of the molecule is C#Cc1c(F)ccc2cc(O)cc(-c3ncc4c(N5C[C@H]6CC[C@@H](C5)N6)nc(OC[C@@]56CCCN5C[C@H](F)C6)nc4c3OC3CC3)c12. The van der Waals surface area contributed by atoms with Crippen LogP contribution in [0.25, 0.3) is 32.9 Å². The first kappa shape index (κ1) is 28.9. The molecule has 11 heteroatoms. The van der Waals surface area contributed by atoms with E-state index in [4.69, 9.17) is 30.8 Å². The summed E-state index contributed by atoms with van der Waals surface area (Å²) in [4.78, 5) is 19.4. The van der Waals surface area contributed by atoms with Gasteiger partial charge >= 0.3 is 6.01 Å². The molecule has 9 nitrogen and oxygen atoms in total. The smallest absolute Gasteiger partial charge is 0.319 e. The summed E-state index contributed by atoms with van der Waals surface area (Å²) in [6.45, 7) is 3.16. The van der Waals surface area contributed by atoms with Gasteiger partial charge in [0.2, 0.25) is 0 Å². The third-order valence-corrected chi connectivity index (χ3v) is 10.7. The third kappa shape index (κ3) is 4.92. The first-order valence-corrected chi connectivity index (χ1v) is 16.7. The molecule has 4 aromatic rings. The molecule has 9 rings (SSSR count). The first-order chi connectivity index (χ1) is 22.9. The summed E-state index contributed by atoms with van der Waals surface area (Å²) in [5.74, 6) is 3.10. The Morgan fingerprint density at radius 3 is 2.72 bits per heavy atom. The molecule has 242 valence electrons. The van der Waals surface area contributed by atoms with E-state index in [-0.39, 0.29) is 29.0 Å². The highest BCUT2D eigenvalue weighted by atomic mass is 19.1. The van der Waals surface area contributed by atoms with Crippen LogP contribution in [0.5, 0.6) is 17.5 Å². The number of terminal acetylenes is 1. The number of hydrogen-bond donors (Lipinski definition) is 2. The molecule has 5 aliphatic rings. The Hall–Kier alpha value is -4.27. The second-order valence-corrected chi connectivity index (χ2v) is 13.9. The molecule has 0 spiro atoms. The number of alkyl halides is 1. The van der Waals surface area contributed by atoms with E-state index in [1.54, 1.807) is 24.4 Å². The molecule has 47 heavy (non-hydrogen) atoms. The van der Waals surface area contributed by atoms with Crippen molar-refractivity contribution < 1.29 is 23.4 Å². The molecule has 4 saturated heterocycles. The van der Waals surface area contributed by atoms with Crippen LogP contribution in [-0.4, -0.2) is 87.6 Å². The molecular formula is C36H36F2N6O3. The number of anilines is 1. The molecular weight excluding hydrogens is 602 g/mol. The van der Waals surface area contributed by atoms with Gasteiger partial charge in [-0.2, -0.15) is 9.97 Å². The number of pyridine rings is 1. The lowest BCUT2D eigenvalue weighted by Crippen LogP contribution is -2.51. The number of ether oxygens (including phenoxy) is 2. The predicted octanol–water partition coefficient (Wildman–Crippen LogP) is 5.11. The van der Waals surface area contributed by atoms with E-state index in [0.29, 0.717) is 65.0 Å². The van der Waals surface area contributed by atoms with Crippen molar-refractivity contribution in [3.8, 4) is 41.1 Å². The fourth-order valence-corrected chi connectivity index (χ4v) is 8.36. The normalized spacial score (nSPS) is 27.0. The third-order valence-electron chi connectivity index (χ3n) is 10.7. The highest BCUT2D eigenvalue weighted by Gasteiger charge is 2.49. The number of benzene rings is 2. The van der Waals surface area contributed by atoms with Crippen molar-refractivity contribution in [2.75, 3.05) is 37.7 Å². The fraction of sp³-hybridized carbons (Fsp3) is 0.472. The van der Waals surface area contributed by atoms with Gasteiger partial charge in [-0.15, -0.1) is 6.42 Å². The lowest BCUT2D eigenvalue weighted by Gasteiger charge is -2.34. The van der Waals surface area contributed by atoms with Crippen LogP contribution < -0.4 is 19.7 Å². The van der Waals surface area contributed by atoms with E-state index < -0.39 is 12.0 Å². The molecule has 2 N–H and O–H groups in total. The molecule has 2 aromatic heterocycles. The van der Waals surface area contributed by atoms with E-state index in [1.165, 1.54) is 6.07 Å². The molecule has 0 radical (unpaired) electrons. The molecule has 4 aliphatic heterocycles. The molecule has 0 amide bonds. The molecule has 2 bridgehead atoms. The predicted molar refractivity (Wildman–Crippen MR) is 174 cm³/mol. The van der Waals surface area contributed by atoms with Gasteiger partial charge in [0.15, 0.2) is 5.75 Å². The lowest BCUT2D eigenvalue weighted by atomic mass is 9.95. The van der Waals surface area contributed by atoms with Crippen molar-refractivity contribution in [1.29, 1.82) is 0 Å². The van der Waals surface area contributed by atoms with Crippen LogP contribution in [0.3, 0.4) is 0 Å². The van der Waals surface area contributed by atoms with Crippen molar-refractivity contribution in [1.82, 2.24) is 25.2 Å². The Morgan fingerprint density at radius 1 is 1.11 bits per heavy atom. The highest BCUT2D eigenvalue weighted by Crippen LogP contribution is 2.46. The van der Waals surface area contributed by atoms with Gasteiger partial charge in [0.05, 0.1) is 22.6 Å². The number of phenolic OH excluding ortho intramolecular Hbond substituents is 1. The lowest BCUT2D eigenvalue weighted by molar-refractivity contribution is 0.107. The van der Waals surface area contributed by atoms with Gasteiger partial charge in [-0.25, -0.2) is 8.78 Å². The summed E-state index contributed by atoms with van der Waals surface area (Å²) in [5, 5.41) is 16.2. The molecule has 1 saturated carbocycles. The molecule has 2 aromatic carbocycles. The number of nitrogens with one attached hydrogen (secondary N) is 1. The maximum Gasteiger partial charge on any atom is 0.319 e. The zero-order valence-corrected chi connectivity index (χ0v) is 26.0. The number of rotatable bonds is 7. The van der Waals surface area contributed by atoms with E-state index in [9.17, 15) is 9.50 Å². The number of aromatic nitrogens is 3. The summed E-state index contributed by atoms with van der Waals surface area (Å²) in [6, 6.07) is 6.93. The number of hydrogen-bond acceptors (Lipinski definition) is 9. The van der Waals surface area contributed by atoms with Crippen LogP contribution in [0.1, 0.15) is 50.5 Å². The van der Waals surface area contributed by atoms with Crippen LogP contribution >= 0.6 is 0 Å². The quantitative estimate of drug-likeness (QED) is 0.268. The average molecular weight is 639 g/mol. The van der Waals surface area contributed by atoms with Gasteiger partial charge in [0, 0.05) is 55.3 Å². The van der Waals surface area contributed by atoms with Crippen LogP contribution in [0, 0.1) is 18.2 Å². The number of aromatic hydroxyl groups is 1. The summed E-state index contributed by atoms with van der Waals surface area (Å²) < 4.78 is 42.7. The number of fused-ring (bicyclic) bond motifs is 5. The van der Waals surface area contributed by atoms with Crippen LogP contribution in [0.4, 0.5) is 14.6 Å². The maximum atomic E-state index is 15.1. The van der Waals surface area contributed by atoms with Crippen LogP contribution in [0.2, 0.25) is 0 Å². The highest BCUT2D eigenvalue weighted by molar-refractivity contribution is 6.05. The van der Waals surface area contributed by atoms with Crippen molar-refractivity contribution in [3.05, 3.63) is 41.8 Å². The molecule has 6 heterocycles. The maximum absolute atomic E-state index is 15.1. The minimum Gasteiger partial charge on any atom is -0.508 e. The monoisotopic (exact) mass is 638 g/mol. The van der Waals surface area contributed by atoms with E-state index in [2.05, 4.69) is 21.0 Å².